The lowest BCUT2D eigenvalue weighted by Crippen LogP contribution is -2.02. The molecule has 0 spiro atoms. The number of rotatable bonds is 3. The summed E-state index contributed by atoms with van der Waals surface area (Å²) in [5.74, 6) is -1.12. The smallest absolute Gasteiger partial charge is 0.169 e. The zero-order valence-corrected chi connectivity index (χ0v) is 14.4. The van der Waals surface area contributed by atoms with Crippen LogP contribution in [0, 0.1) is 11.6 Å². The van der Waals surface area contributed by atoms with Gasteiger partial charge in [0.05, 0.1) is 17.6 Å². The van der Waals surface area contributed by atoms with Gasteiger partial charge in [0.15, 0.2) is 5.16 Å². The van der Waals surface area contributed by atoms with Crippen LogP contribution in [0.3, 0.4) is 0 Å². The van der Waals surface area contributed by atoms with E-state index in [2.05, 4.69) is 4.98 Å². The molecule has 21 heavy (non-hydrogen) atoms. The van der Waals surface area contributed by atoms with Gasteiger partial charge in [-0.3, -0.25) is 0 Å². The van der Waals surface area contributed by atoms with Crippen molar-refractivity contribution >= 4 is 46.8 Å². The van der Waals surface area contributed by atoms with Crippen molar-refractivity contribution in [3.63, 3.8) is 0 Å². The third kappa shape index (κ3) is 3.37. The lowest BCUT2D eigenvalue weighted by atomic mass is 10.2. The molecule has 0 unspecified atom stereocenters. The van der Waals surface area contributed by atoms with Gasteiger partial charge in [-0.15, -0.1) is 24.0 Å². The Kier molecular flexibility index (Phi) is 5.21. The quantitative estimate of drug-likeness (QED) is 0.453. The zero-order chi connectivity index (χ0) is 14.1. The molecule has 0 N–H and O–H groups in total. The van der Waals surface area contributed by atoms with Gasteiger partial charge < -0.3 is 4.57 Å². The van der Waals surface area contributed by atoms with Gasteiger partial charge in [-0.05, 0) is 36.1 Å². The number of halogens is 3. The number of benzene rings is 2. The molecule has 0 saturated carbocycles. The van der Waals surface area contributed by atoms with Crippen LogP contribution in [0.2, 0.25) is 0 Å². The molecular weight excluding hydrogens is 405 g/mol. The molecule has 3 aromatic rings. The topological polar surface area (TPSA) is 17.8 Å². The van der Waals surface area contributed by atoms with Crippen molar-refractivity contribution in [2.24, 2.45) is 0 Å². The molecule has 0 aliphatic rings. The van der Waals surface area contributed by atoms with E-state index >= 15 is 0 Å². The summed E-state index contributed by atoms with van der Waals surface area (Å²) in [6.45, 7) is 0.394. The average molecular weight is 418 g/mol. The summed E-state index contributed by atoms with van der Waals surface area (Å²) in [5, 5.41) is 0.830. The van der Waals surface area contributed by atoms with Crippen LogP contribution in [-0.4, -0.2) is 15.8 Å². The Morgan fingerprint density at radius 3 is 2.43 bits per heavy atom. The van der Waals surface area contributed by atoms with Gasteiger partial charge in [0, 0.05) is 6.07 Å². The van der Waals surface area contributed by atoms with Crippen LogP contribution in [-0.2, 0) is 6.54 Å². The van der Waals surface area contributed by atoms with E-state index < -0.39 is 11.6 Å². The van der Waals surface area contributed by atoms with Crippen molar-refractivity contribution < 1.29 is 8.78 Å². The molecule has 0 amide bonds. The fourth-order valence-corrected chi connectivity index (χ4v) is 2.82. The van der Waals surface area contributed by atoms with Gasteiger partial charge in [0.1, 0.15) is 11.6 Å². The fourth-order valence-electron chi connectivity index (χ4n) is 2.25. The minimum absolute atomic E-state index is 0. The molecule has 2 nitrogen and oxygen atoms in total. The summed E-state index contributed by atoms with van der Waals surface area (Å²) in [4.78, 5) is 4.51. The monoisotopic (exact) mass is 418 g/mol. The lowest BCUT2D eigenvalue weighted by molar-refractivity contribution is 0.576. The third-order valence-corrected chi connectivity index (χ3v) is 3.74. The maximum absolute atomic E-state index is 13.3. The Morgan fingerprint density at radius 1 is 1.10 bits per heavy atom. The van der Waals surface area contributed by atoms with E-state index in [1.807, 2.05) is 35.1 Å². The van der Waals surface area contributed by atoms with E-state index in [1.165, 1.54) is 23.9 Å². The largest absolute Gasteiger partial charge is 0.314 e. The van der Waals surface area contributed by atoms with E-state index in [-0.39, 0.29) is 24.0 Å². The summed E-state index contributed by atoms with van der Waals surface area (Å²) in [5.41, 5.74) is 2.43. The molecule has 0 fully saturated rings. The Labute approximate surface area is 142 Å². The minimum atomic E-state index is -0.560. The lowest BCUT2D eigenvalue weighted by Gasteiger charge is -2.08. The van der Waals surface area contributed by atoms with Gasteiger partial charge in [0.25, 0.3) is 0 Å². The van der Waals surface area contributed by atoms with E-state index in [9.17, 15) is 8.78 Å². The number of hydrogen-bond acceptors (Lipinski definition) is 2. The zero-order valence-electron chi connectivity index (χ0n) is 11.2. The molecule has 1 aromatic heterocycles. The van der Waals surface area contributed by atoms with Crippen LogP contribution in [0.1, 0.15) is 5.56 Å². The van der Waals surface area contributed by atoms with Crippen LogP contribution in [0.15, 0.2) is 47.6 Å². The van der Waals surface area contributed by atoms with Crippen LogP contribution in [0.25, 0.3) is 11.0 Å². The van der Waals surface area contributed by atoms with Crippen molar-refractivity contribution in [1.29, 1.82) is 0 Å². The Bertz CT molecular complexity index is 753. The summed E-state index contributed by atoms with van der Waals surface area (Å²) < 4.78 is 28.5. The van der Waals surface area contributed by atoms with Crippen LogP contribution < -0.4 is 0 Å². The first kappa shape index (κ1) is 16.2. The van der Waals surface area contributed by atoms with Crippen molar-refractivity contribution in [2.75, 3.05) is 6.26 Å². The molecule has 0 aliphatic heterocycles. The summed E-state index contributed by atoms with van der Waals surface area (Å²) in [6.07, 6.45) is 1.93. The first-order valence-electron chi connectivity index (χ1n) is 6.11. The number of para-hydroxylation sites is 2. The predicted octanol–water partition coefficient (Wildman–Crippen LogP) is 4.70. The van der Waals surface area contributed by atoms with Gasteiger partial charge >= 0.3 is 0 Å². The molecule has 0 saturated heterocycles. The number of hydrogen-bond donors (Lipinski definition) is 0. The fraction of sp³-hybridized carbons (Fsp3) is 0.133. The maximum atomic E-state index is 13.3. The highest BCUT2D eigenvalue weighted by Gasteiger charge is 2.10. The first-order chi connectivity index (χ1) is 9.67. The highest BCUT2D eigenvalue weighted by molar-refractivity contribution is 14.0. The molecule has 0 radical (unpaired) electrons. The summed E-state index contributed by atoms with van der Waals surface area (Å²) in [6, 6.07) is 11.3. The highest BCUT2D eigenvalue weighted by Crippen LogP contribution is 2.24. The Morgan fingerprint density at radius 2 is 1.76 bits per heavy atom. The van der Waals surface area contributed by atoms with Crippen LogP contribution >= 0.6 is 35.7 Å². The van der Waals surface area contributed by atoms with Crippen molar-refractivity contribution in [3.8, 4) is 0 Å². The average Bonchev–Trinajstić information content (AvgIpc) is 2.76. The number of aromatic nitrogens is 2. The van der Waals surface area contributed by atoms with Crippen LogP contribution in [0.5, 0.6) is 0 Å². The molecular formula is C15H13F2IN2S. The summed E-state index contributed by atoms with van der Waals surface area (Å²) in [7, 11) is 0. The second-order valence-electron chi connectivity index (χ2n) is 4.45. The molecule has 2 aromatic carbocycles. The molecule has 110 valence electrons. The minimum Gasteiger partial charge on any atom is -0.314 e. The number of thioether (sulfide) groups is 1. The molecule has 0 bridgehead atoms. The van der Waals surface area contributed by atoms with Gasteiger partial charge in [0.2, 0.25) is 0 Å². The second-order valence-corrected chi connectivity index (χ2v) is 5.22. The Hall–Kier alpha value is -1.15. The highest BCUT2D eigenvalue weighted by atomic mass is 127. The van der Waals surface area contributed by atoms with Crippen molar-refractivity contribution in [3.05, 3.63) is 59.7 Å². The van der Waals surface area contributed by atoms with E-state index in [4.69, 9.17) is 0 Å². The Balaban J connectivity index is 0.00000161. The van der Waals surface area contributed by atoms with E-state index in [0.29, 0.717) is 12.1 Å². The molecule has 1 heterocycles. The van der Waals surface area contributed by atoms with Gasteiger partial charge in [-0.1, -0.05) is 23.9 Å². The van der Waals surface area contributed by atoms with Crippen molar-refractivity contribution in [2.45, 2.75) is 11.7 Å². The van der Waals surface area contributed by atoms with Gasteiger partial charge in [-0.2, -0.15) is 0 Å². The molecule has 0 aliphatic carbocycles. The van der Waals surface area contributed by atoms with Gasteiger partial charge in [-0.25, -0.2) is 13.8 Å². The van der Waals surface area contributed by atoms with E-state index in [0.717, 1.165) is 22.3 Å². The SMILES string of the molecule is CSc1nc2ccccc2n1Cc1cc(F)cc(F)c1.I. The molecule has 6 heteroatoms. The molecule has 3 rings (SSSR count). The van der Waals surface area contributed by atoms with E-state index in [1.54, 1.807) is 0 Å². The second kappa shape index (κ2) is 6.74. The first-order valence-corrected chi connectivity index (χ1v) is 7.34. The van der Waals surface area contributed by atoms with Crippen molar-refractivity contribution in [1.82, 2.24) is 9.55 Å². The predicted molar refractivity (Wildman–Crippen MR) is 92.4 cm³/mol. The number of imidazole rings is 1. The normalized spacial score (nSPS) is 10.6. The molecule has 0 atom stereocenters. The number of nitrogens with zero attached hydrogens (tertiary/aromatic N) is 2. The number of fused-ring (bicyclic) bond motifs is 1. The van der Waals surface area contributed by atoms with Crippen LogP contribution in [0.4, 0.5) is 8.78 Å². The summed E-state index contributed by atoms with van der Waals surface area (Å²) >= 11 is 1.51. The standard InChI is InChI=1S/C15H12F2N2S.HI/c1-20-15-18-13-4-2-3-5-14(13)19(15)9-10-6-11(16)8-12(17)7-10;/h2-8H,9H2,1H3;1H. The maximum Gasteiger partial charge on any atom is 0.169 e. The third-order valence-electron chi connectivity index (χ3n) is 3.07.